The number of amides is 2. The second-order valence-corrected chi connectivity index (χ2v) is 10.9. The summed E-state index contributed by atoms with van der Waals surface area (Å²) in [5.74, 6) is -0.525. The third kappa shape index (κ3) is 6.91. The number of nitrogens with zero attached hydrogens (tertiary/aromatic N) is 1. The smallest absolute Gasteiger partial charge is 0.305 e. The Labute approximate surface area is 250 Å². The van der Waals surface area contributed by atoms with Crippen LogP contribution in [0.2, 0.25) is 0 Å². The number of hydrogen-bond donors (Lipinski definition) is 1. The largest absolute Gasteiger partial charge is 0.497 e. The Hall–Kier alpha value is -3.35. The lowest BCUT2D eigenvalue weighted by atomic mass is 9.94. The van der Waals surface area contributed by atoms with Crippen molar-refractivity contribution in [1.82, 2.24) is 4.90 Å². The Balaban J connectivity index is 1.24. The molecule has 0 radical (unpaired) electrons. The molecule has 11 nitrogen and oxygen atoms in total. The summed E-state index contributed by atoms with van der Waals surface area (Å²) >= 11 is 0. The zero-order valence-electron chi connectivity index (χ0n) is 24.5. The van der Waals surface area contributed by atoms with E-state index in [-0.39, 0.29) is 23.7 Å². The average Bonchev–Trinajstić information content (AvgIpc) is 3.29. The van der Waals surface area contributed by atoms with Crippen LogP contribution in [0.15, 0.2) is 48.5 Å². The van der Waals surface area contributed by atoms with Crippen molar-refractivity contribution in [2.45, 2.75) is 81.9 Å². The van der Waals surface area contributed by atoms with Gasteiger partial charge in [-0.25, -0.2) is 0 Å². The topological polar surface area (TPSA) is 130 Å². The van der Waals surface area contributed by atoms with Crippen molar-refractivity contribution in [2.75, 3.05) is 27.4 Å². The van der Waals surface area contributed by atoms with Gasteiger partial charge in [-0.15, -0.1) is 0 Å². The lowest BCUT2D eigenvalue weighted by Gasteiger charge is -2.49. The number of carbonyl (C=O) groups is 3. The van der Waals surface area contributed by atoms with Crippen molar-refractivity contribution in [1.29, 1.82) is 0 Å². The van der Waals surface area contributed by atoms with Crippen LogP contribution in [0.1, 0.15) is 77.5 Å². The summed E-state index contributed by atoms with van der Waals surface area (Å²) in [7, 11) is 2.97. The second-order valence-electron chi connectivity index (χ2n) is 10.9. The number of ether oxygens (including phenoxy) is 6. The average molecular weight is 598 g/mol. The van der Waals surface area contributed by atoms with Gasteiger partial charge in [-0.3, -0.25) is 19.3 Å². The summed E-state index contributed by atoms with van der Waals surface area (Å²) in [6, 6.07) is 12.7. The monoisotopic (exact) mass is 597 g/mol. The summed E-state index contributed by atoms with van der Waals surface area (Å²) in [6.45, 7) is 0.436. The molecular weight excluding hydrogens is 558 g/mol. The molecule has 2 aromatic rings. The van der Waals surface area contributed by atoms with Gasteiger partial charge in [-0.2, -0.15) is 0 Å². The van der Waals surface area contributed by atoms with Crippen molar-refractivity contribution in [3.8, 4) is 5.75 Å². The molecule has 43 heavy (non-hydrogen) atoms. The van der Waals surface area contributed by atoms with E-state index in [9.17, 15) is 19.5 Å². The van der Waals surface area contributed by atoms with Gasteiger partial charge in [0.15, 0.2) is 12.6 Å². The standard InChI is InChI=1S/C32H39NO10/c1-38-21-16-14-20(15-17-21)31-41-19-24-28(43-31)27(35)26(33-29(36)22-11-8-9-12-23(22)30(33)37)32(42-24)40-18-10-6-4-3-5-7-13-25(34)39-2/h8-9,11-12,14-17,24,26-28,31-32,35H,3-7,10,13,18-19H2,1-2H3. The second kappa shape index (κ2) is 14.4. The van der Waals surface area contributed by atoms with Crippen LogP contribution in [0, 0.1) is 0 Å². The highest BCUT2D eigenvalue weighted by atomic mass is 16.7. The predicted molar refractivity (Wildman–Crippen MR) is 152 cm³/mol. The molecule has 232 valence electrons. The SMILES string of the molecule is COC(=O)CCCCCCCCOC1OC2COC(c3ccc(OC)cc3)OC2C(O)C1N1C(=O)c2ccccc2C1=O. The molecular formula is C32H39NO10. The molecule has 2 amide bonds. The lowest BCUT2D eigenvalue weighted by molar-refractivity contribution is -0.349. The molecule has 3 aliphatic heterocycles. The summed E-state index contributed by atoms with van der Waals surface area (Å²) in [5.41, 5.74) is 1.28. The van der Waals surface area contributed by atoms with Crippen molar-refractivity contribution in [3.05, 3.63) is 65.2 Å². The summed E-state index contributed by atoms with van der Waals surface area (Å²) in [5, 5.41) is 11.7. The molecule has 2 saturated heterocycles. The van der Waals surface area contributed by atoms with E-state index in [1.54, 1.807) is 43.5 Å². The highest BCUT2D eigenvalue weighted by Crippen LogP contribution is 2.38. The molecule has 0 saturated carbocycles. The van der Waals surface area contributed by atoms with Gasteiger partial charge >= 0.3 is 5.97 Å². The first kappa shape index (κ1) is 31.1. The number of aliphatic hydroxyl groups is 1. The van der Waals surface area contributed by atoms with E-state index in [0.29, 0.717) is 18.8 Å². The maximum absolute atomic E-state index is 13.4. The molecule has 2 aromatic carbocycles. The van der Waals surface area contributed by atoms with E-state index < -0.39 is 48.7 Å². The fourth-order valence-electron chi connectivity index (χ4n) is 5.78. The molecule has 3 aliphatic rings. The van der Waals surface area contributed by atoms with Crippen molar-refractivity contribution in [3.63, 3.8) is 0 Å². The van der Waals surface area contributed by atoms with Gasteiger partial charge in [0, 0.05) is 18.6 Å². The molecule has 2 fully saturated rings. The highest BCUT2D eigenvalue weighted by Gasteiger charge is 2.55. The number of esters is 1. The minimum absolute atomic E-state index is 0.124. The van der Waals surface area contributed by atoms with Crippen molar-refractivity contribution < 1.29 is 47.9 Å². The zero-order valence-corrected chi connectivity index (χ0v) is 24.5. The maximum Gasteiger partial charge on any atom is 0.305 e. The third-order valence-corrected chi connectivity index (χ3v) is 8.13. The number of methoxy groups -OCH3 is 2. The molecule has 0 bridgehead atoms. The van der Waals surface area contributed by atoms with Crippen LogP contribution < -0.4 is 4.74 Å². The first-order valence-corrected chi connectivity index (χ1v) is 14.8. The Bertz CT molecular complexity index is 1230. The van der Waals surface area contributed by atoms with Crippen LogP contribution in [0.4, 0.5) is 0 Å². The van der Waals surface area contributed by atoms with E-state index in [1.165, 1.54) is 7.11 Å². The fraction of sp³-hybridized carbons (Fsp3) is 0.531. The molecule has 3 heterocycles. The first-order chi connectivity index (χ1) is 20.9. The molecule has 5 rings (SSSR count). The van der Waals surface area contributed by atoms with Gasteiger partial charge in [-0.05, 0) is 37.1 Å². The van der Waals surface area contributed by atoms with E-state index in [2.05, 4.69) is 4.74 Å². The van der Waals surface area contributed by atoms with Gasteiger partial charge < -0.3 is 33.5 Å². The van der Waals surface area contributed by atoms with Crippen LogP contribution >= 0.6 is 0 Å². The minimum Gasteiger partial charge on any atom is -0.497 e. The van der Waals surface area contributed by atoms with Gasteiger partial charge in [0.2, 0.25) is 0 Å². The van der Waals surface area contributed by atoms with E-state index in [0.717, 1.165) is 49.0 Å². The van der Waals surface area contributed by atoms with E-state index >= 15 is 0 Å². The molecule has 6 atom stereocenters. The maximum atomic E-state index is 13.4. The Morgan fingerprint density at radius 1 is 0.907 bits per heavy atom. The summed E-state index contributed by atoms with van der Waals surface area (Å²) in [4.78, 5) is 39.2. The van der Waals surface area contributed by atoms with Gasteiger partial charge in [-0.1, -0.05) is 49.9 Å². The molecule has 6 unspecified atom stereocenters. The first-order valence-electron chi connectivity index (χ1n) is 14.8. The Morgan fingerprint density at radius 3 is 2.21 bits per heavy atom. The van der Waals surface area contributed by atoms with E-state index in [4.69, 9.17) is 23.7 Å². The Morgan fingerprint density at radius 2 is 1.56 bits per heavy atom. The van der Waals surface area contributed by atoms with Crippen LogP contribution in [0.5, 0.6) is 5.75 Å². The zero-order chi connectivity index (χ0) is 30.3. The lowest BCUT2D eigenvalue weighted by Crippen LogP contribution is -2.67. The van der Waals surface area contributed by atoms with Gasteiger partial charge in [0.1, 0.15) is 30.1 Å². The molecule has 1 N–H and O–H groups in total. The van der Waals surface area contributed by atoms with Crippen LogP contribution in [-0.4, -0.2) is 85.9 Å². The molecule has 0 aliphatic carbocycles. The number of carbonyl (C=O) groups excluding carboxylic acids is 3. The van der Waals surface area contributed by atoms with Gasteiger partial charge in [0.05, 0.1) is 32.0 Å². The predicted octanol–water partition coefficient (Wildman–Crippen LogP) is 3.78. The van der Waals surface area contributed by atoms with Crippen molar-refractivity contribution >= 4 is 17.8 Å². The van der Waals surface area contributed by atoms with E-state index in [1.807, 2.05) is 12.1 Å². The number of aliphatic hydroxyl groups excluding tert-OH is 1. The number of imide groups is 1. The number of benzene rings is 2. The van der Waals surface area contributed by atoms with Crippen LogP contribution in [-0.2, 0) is 28.5 Å². The van der Waals surface area contributed by atoms with Crippen molar-refractivity contribution in [2.24, 2.45) is 0 Å². The molecule has 0 spiro atoms. The molecule has 11 heteroatoms. The fourth-order valence-corrected chi connectivity index (χ4v) is 5.78. The third-order valence-electron chi connectivity index (χ3n) is 8.13. The number of unbranched alkanes of at least 4 members (excludes halogenated alkanes) is 5. The highest BCUT2D eigenvalue weighted by molar-refractivity contribution is 6.21. The number of fused-ring (bicyclic) bond motifs is 2. The number of hydrogen-bond acceptors (Lipinski definition) is 10. The van der Waals surface area contributed by atoms with Crippen LogP contribution in [0.3, 0.4) is 0 Å². The summed E-state index contributed by atoms with van der Waals surface area (Å²) in [6.07, 6.45) is 1.07. The molecule has 0 aromatic heterocycles. The van der Waals surface area contributed by atoms with Gasteiger partial charge in [0.25, 0.3) is 11.8 Å². The minimum atomic E-state index is -1.29. The quantitative estimate of drug-likeness (QED) is 0.207. The van der Waals surface area contributed by atoms with Crippen LogP contribution in [0.25, 0.3) is 0 Å². The number of rotatable bonds is 13. The normalized spacial score (nSPS) is 26.6. The summed E-state index contributed by atoms with van der Waals surface area (Å²) < 4.78 is 34.4. The Kier molecular flexibility index (Phi) is 10.4.